The first-order valence-electron chi connectivity index (χ1n) is 6.41. The number of hydrogen-bond donors (Lipinski definition) is 3. The number of nitrogens with one attached hydrogen (secondary N) is 2. The van der Waals surface area contributed by atoms with Crippen LogP contribution in [0, 0.1) is 5.92 Å². The molecule has 0 aliphatic rings. The van der Waals surface area contributed by atoms with Gasteiger partial charge in [-0.1, -0.05) is 13.8 Å². The number of anilines is 1. The van der Waals surface area contributed by atoms with Gasteiger partial charge >= 0.3 is 0 Å². The molecule has 110 valence electrons. The maximum atomic E-state index is 11.7. The highest BCUT2D eigenvalue weighted by Crippen LogP contribution is 2.17. The minimum atomic E-state index is -0.594. The smallest absolute Gasteiger partial charge is 0.243 e. The van der Waals surface area contributed by atoms with Crippen molar-refractivity contribution < 1.29 is 9.59 Å². The normalized spacial score (nSPS) is 12.1. The largest absolute Gasteiger partial charge is 0.346 e. The molecule has 0 aromatic heterocycles. The minimum absolute atomic E-state index is 0.0390. The fraction of sp³-hybridized carbons (Fsp3) is 0.429. The first-order chi connectivity index (χ1) is 9.43. The van der Waals surface area contributed by atoms with Crippen molar-refractivity contribution in [2.45, 2.75) is 24.8 Å². The summed E-state index contributed by atoms with van der Waals surface area (Å²) in [6.45, 7) is 3.64. The summed E-state index contributed by atoms with van der Waals surface area (Å²) in [5.74, 6) is -0.545. The predicted molar refractivity (Wildman–Crippen MR) is 82.7 cm³/mol. The van der Waals surface area contributed by atoms with Gasteiger partial charge in [-0.15, -0.1) is 11.8 Å². The van der Waals surface area contributed by atoms with E-state index >= 15 is 0 Å². The van der Waals surface area contributed by atoms with Crippen molar-refractivity contribution in [3.8, 4) is 0 Å². The predicted octanol–water partition coefficient (Wildman–Crippen LogP) is 1.45. The Bertz CT molecular complexity index is 460. The minimum Gasteiger partial charge on any atom is -0.346 e. The molecule has 0 bridgehead atoms. The lowest BCUT2D eigenvalue weighted by Crippen LogP contribution is -2.46. The summed E-state index contributed by atoms with van der Waals surface area (Å²) in [5, 5.41) is 5.24. The van der Waals surface area contributed by atoms with Gasteiger partial charge in [0.1, 0.15) is 0 Å². The van der Waals surface area contributed by atoms with Crippen LogP contribution in [0.1, 0.15) is 13.8 Å². The Kier molecular flexibility index (Phi) is 6.54. The van der Waals surface area contributed by atoms with Crippen LogP contribution < -0.4 is 16.4 Å². The van der Waals surface area contributed by atoms with Crippen molar-refractivity contribution in [3.63, 3.8) is 0 Å². The van der Waals surface area contributed by atoms with Crippen LogP contribution in [0.2, 0.25) is 0 Å². The molecule has 0 heterocycles. The monoisotopic (exact) mass is 295 g/mol. The zero-order valence-electron chi connectivity index (χ0n) is 12.0. The molecule has 0 unspecified atom stereocenters. The molecule has 0 aliphatic heterocycles. The Morgan fingerprint density at radius 1 is 1.25 bits per heavy atom. The summed E-state index contributed by atoms with van der Waals surface area (Å²) < 4.78 is 0. The third-order valence-electron chi connectivity index (χ3n) is 2.82. The number of nitrogens with two attached hydrogens (primary N) is 1. The summed E-state index contributed by atoms with van der Waals surface area (Å²) in [5.41, 5.74) is 6.39. The van der Waals surface area contributed by atoms with Crippen molar-refractivity contribution in [2.24, 2.45) is 11.7 Å². The van der Waals surface area contributed by atoms with E-state index in [2.05, 4.69) is 10.6 Å². The standard InChI is InChI=1S/C14H21N3O2S/c1-9(2)13(15)14(19)16-8-12(18)17-10-4-6-11(20-3)7-5-10/h4-7,9,13H,8,15H2,1-3H3,(H,16,19)(H,17,18)/t13-/m0/s1. The summed E-state index contributed by atoms with van der Waals surface area (Å²) in [4.78, 5) is 24.4. The lowest BCUT2D eigenvalue weighted by Gasteiger charge is -2.15. The summed E-state index contributed by atoms with van der Waals surface area (Å²) in [6.07, 6.45) is 1.99. The number of amides is 2. The molecule has 0 spiro atoms. The zero-order chi connectivity index (χ0) is 15.1. The van der Waals surface area contributed by atoms with Gasteiger partial charge in [0.05, 0.1) is 12.6 Å². The van der Waals surface area contributed by atoms with Crippen LogP contribution in [-0.2, 0) is 9.59 Å². The molecular formula is C14H21N3O2S. The van der Waals surface area contributed by atoms with Crippen molar-refractivity contribution >= 4 is 29.3 Å². The van der Waals surface area contributed by atoms with Gasteiger partial charge in [-0.05, 0) is 36.4 Å². The van der Waals surface area contributed by atoms with Crippen molar-refractivity contribution in [3.05, 3.63) is 24.3 Å². The third-order valence-corrected chi connectivity index (χ3v) is 3.56. The van der Waals surface area contributed by atoms with Crippen LogP contribution in [0.5, 0.6) is 0 Å². The molecule has 0 saturated heterocycles. The summed E-state index contributed by atoms with van der Waals surface area (Å²) in [7, 11) is 0. The van der Waals surface area contributed by atoms with Gasteiger partial charge in [-0.3, -0.25) is 9.59 Å². The van der Waals surface area contributed by atoms with Crippen molar-refractivity contribution in [1.29, 1.82) is 0 Å². The second-order valence-electron chi connectivity index (χ2n) is 4.76. The molecular weight excluding hydrogens is 274 g/mol. The molecule has 0 fully saturated rings. The molecule has 20 heavy (non-hydrogen) atoms. The lowest BCUT2D eigenvalue weighted by atomic mass is 10.1. The second kappa shape index (κ2) is 7.91. The van der Waals surface area contributed by atoms with Gasteiger partial charge in [0.15, 0.2) is 0 Å². The first kappa shape index (κ1) is 16.5. The van der Waals surface area contributed by atoms with Gasteiger partial charge in [-0.25, -0.2) is 0 Å². The first-order valence-corrected chi connectivity index (χ1v) is 7.63. The lowest BCUT2D eigenvalue weighted by molar-refractivity contribution is -0.125. The van der Waals surface area contributed by atoms with E-state index in [0.29, 0.717) is 5.69 Å². The fourth-order valence-electron chi connectivity index (χ4n) is 1.47. The van der Waals surface area contributed by atoms with Crippen molar-refractivity contribution in [2.75, 3.05) is 18.1 Å². The molecule has 2 amide bonds. The van der Waals surface area contributed by atoms with Crippen LogP contribution in [-0.4, -0.2) is 30.7 Å². The van der Waals surface area contributed by atoms with E-state index in [1.807, 2.05) is 44.4 Å². The van der Waals surface area contributed by atoms with E-state index in [4.69, 9.17) is 5.73 Å². The van der Waals surface area contributed by atoms with E-state index in [1.165, 1.54) is 0 Å². The molecule has 4 N–H and O–H groups in total. The number of carbonyl (C=O) groups excluding carboxylic acids is 2. The molecule has 0 aliphatic carbocycles. The van der Waals surface area contributed by atoms with Gasteiger partial charge in [0.25, 0.3) is 0 Å². The Morgan fingerprint density at radius 2 is 1.85 bits per heavy atom. The van der Waals surface area contributed by atoms with E-state index < -0.39 is 6.04 Å². The van der Waals surface area contributed by atoms with Gasteiger partial charge in [0.2, 0.25) is 11.8 Å². The summed E-state index contributed by atoms with van der Waals surface area (Å²) >= 11 is 1.63. The molecule has 0 saturated carbocycles. The van der Waals surface area contributed by atoms with E-state index in [-0.39, 0.29) is 24.3 Å². The average Bonchev–Trinajstić information content (AvgIpc) is 2.44. The molecule has 1 rings (SSSR count). The van der Waals surface area contributed by atoms with Gasteiger partial charge in [0, 0.05) is 10.6 Å². The van der Waals surface area contributed by atoms with E-state index in [0.717, 1.165) is 4.90 Å². The number of thioether (sulfide) groups is 1. The number of benzene rings is 1. The highest BCUT2D eigenvalue weighted by Gasteiger charge is 2.17. The maximum absolute atomic E-state index is 11.7. The van der Waals surface area contributed by atoms with Crippen LogP contribution in [0.15, 0.2) is 29.2 Å². The SMILES string of the molecule is CSc1ccc(NC(=O)CNC(=O)[C@@H](N)C(C)C)cc1. The molecule has 1 aromatic carbocycles. The molecule has 0 radical (unpaired) electrons. The van der Waals surface area contributed by atoms with Crippen molar-refractivity contribution in [1.82, 2.24) is 5.32 Å². The van der Waals surface area contributed by atoms with Crippen LogP contribution in [0.4, 0.5) is 5.69 Å². The quantitative estimate of drug-likeness (QED) is 0.694. The van der Waals surface area contributed by atoms with Crippen LogP contribution in [0.25, 0.3) is 0 Å². The Hall–Kier alpha value is -1.53. The third kappa shape index (κ3) is 5.22. The van der Waals surface area contributed by atoms with E-state index in [9.17, 15) is 9.59 Å². The van der Waals surface area contributed by atoms with Crippen LogP contribution >= 0.6 is 11.8 Å². The second-order valence-corrected chi connectivity index (χ2v) is 5.64. The Balaban J connectivity index is 2.41. The zero-order valence-corrected chi connectivity index (χ0v) is 12.8. The Morgan fingerprint density at radius 3 is 2.35 bits per heavy atom. The maximum Gasteiger partial charge on any atom is 0.243 e. The van der Waals surface area contributed by atoms with E-state index in [1.54, 1.807) is 11.8 Å². The fourth-order valence-corrected chi connectivity index (χ4v) is 1.88. The Labute approximate surface area is 123 Å². The van der Waals surface area contributed by atoms with Gasteiger partial charge in [-0.2, -0.15) is 0 Å². The molecule has 1 atom stereocenters. The number of hydrogen-bond acceptors (Lipinski definition) is 4. The molecule has 6 heteroatoms. The average molecular weight is 295 g/mol. The number of carbonyl (C=O) groups is 2. The highest BCUT2D eigenvalue weighted by atomic mass is 32.2. The summed E-state index contributed by atoms with van der Waals surface area (Å²) in [6, 6.07) is 6.90. The number of rotatable bonds is 6. The highest BCUT2D eigenvalue weighted by molar-refractivity contribution is 7.98. The molecule has 5 nitrogen and oxygen atoms in total. The topological polar surface area (TPSA) is 84.2 Å². The van der Waals surface area contributed by atoms with Crippen LogP contribution in [0.3, 0.4) is 0 Å². The molecule has 1 aromatic rings. The van der Waals surface area contributed by atoms with Gasteiger partial charge < -0.3 is 16.4 Å².